The van der Waals surface area contributed by atoms with Crippen molar-refractivity contribution in [1.82, 2.24) is 15.2 Å². The number of aromatic amines is 1. The van der Waals surface area contributed by atoms with Gasteiger partial charge in [-0.25, -0.2) is 5.43 Å². The molecule has 0 atom stereocenters. The van der Waals surface area contributed by atoms with Gasteiger partial charge in [0.15, 0.2) is 0 Å². The zero-order chi connectivity index (χ0) is 19.3. The van der Waals surface area contributed by atoms with Gasteiger partial charge in [-0.1, -0.05) is 45.4 Å². The summed E-state index contributed by atoms with van der Waals surface area (Å²) in [5, 5.41) is 11.3. The maximum Gasteiger partial charge on any atom is 0.271 e. The Bertz CT molecular complexity index is 779. The van der Waals surface area contributed by atoms with Gasteiger partial charge in [0, 0.05) is 0 Å². The molecule has 1 aromatic carbocycles. The van der Waals surface area contributed by atoms with Gasteiger partial charge in [0.2, 0.25) is 5.95 Å². The summed E-state index contributed by atoms with van der Waals surface area (Å²) >= 11 is 3.53. The van der Waals surface area contributed by atoms with Crippen molar-refractivity contribution < 1.29 is 4.74 Å². The lowest BCUT2D eigenvalue weighted by Crippen LogP contribution is -2.10. The van der Waals surface area contributed by atoms with Crippen LogP contribution in [0.2, 0.25) is 0 Å². The molecule has 0 aliphatic heterocycles. The predicted molar refractivity (Wildman–Crippen MR) is 111 cm³/mol. The van der Waals surface area contributed by atoms with Crippen LogP contribution in [0.4, 0.5) is 5.95 Å². The first-order valence-electron chi connectivity index (χ1n) is 9.32. The van der Waals surface area contributed by atoms with Gasteiger partial charge < -0.3 is 4.74 Å². The van der Waals surface area contributed by atoms with Crippen LogP contribution in [0, 0.1) is 0 Å². The van der Waals surface area contributed by atoms with Crippen LogP contribution in [0.15, 0.2) is 38.8 Å². The van der Waals surface area contributed by atoms with E-state index in [1.807, 2.05) is 18.2 Å². The van der Waals surface area contributed by atoms with Gasteiger partial charge in [-0.05, 0) is 46.1 Å². The first-order valence-corrected chi connectivity index (χ1v) is 10.1. The number of benzene rings is 1. The molecule has 0 radical (unpaired) electrons. The lowest BCUT2D eigenvalue weighted by Gasteiger charge is -2.08. The van der Waals surface area contributed by atoms with E-state index in [0.717, 1.165) is 35.0 Å². The number of hydrazone groups is 1. The number of ether oxygens (including phenoxy) is 1. The van der Waals surface area contributed by atoms with E-state index < -0.39 is 0 Å². The number of aromatic nitrogens is 3. The summed E-state index contributed by atoms with van der Waals surface area (Å²) in [6.45, 7) is 2.96. The first-order chi connectivity index (χ1) is 13.2. The largest absolute Gasteiger partial charge is 0.492 e. The maximum atomic E-state index is 11.1. The minimum atomic E-state index is -0.340. The topological polar surface area (TPSA) is 92.3 Å². The average Bonchev–Trinajstić information content (AvgIpc) is 2.65. The number of hydrogen-bond acceptors (Lipinski definition) is 6. The highest BCUT2D eigenvalue weighted by Crippen LogP contribution is 2.25. The quantitative estimate of drug-likeness (QED) is 0.290. The summed E-state index contributed by atoms with van der Waals surface area (Å²) in [4.78, 5) is 13.6. The van der Waals surface area contributed by atoms with Crippen molar-refractivity contribution in [2.24, 2.45) is 5.10 Å². The third-order valence-electron chi connectivity index (χ3n) is 3.92. The third-order valence-corrected chi connectivity index (χ3v) is 4.54. The summed E-state index contributed by atoms with van der Waals surface area (Å²) in [5.74, 6) is 1.01. The summed E-state index contributed by atoms with van der Waals surface area (Å²) < 4.78 is 6.72. The Hall–Kier alpha value is -2.22. The van der Waals surface area contributed by atoms with Gasteiger partial charge >= 0.3 is 0 Å². The molecule has 27 heavy (non-hydrogen) atoms. The number of halogens is 1. The average molecular weight is 436 g/mol. The van der Waals surface area contributed by atoms with Crippen molar-refractivity contribution in [1.29, 1.82) is 0 Å². The van der Waals surface area contributed by atoms with E-state index in [-0.39, 0.29) is 11.5 Å². The molecule has 0 amide bonds. The zero-order valence-electron chi connectivity index (χ0n) is 15.6. The number of rotatable bonds is 12. The molecule has 1 aromatic heterocycles. The molecule has 1 heterocycles. The molecular weight excluding hydrogens is 410 g/mol. The molecule has 2 aromatic rings. The van der Waals surface area contributed by atoms with Crippen molar-refractivity contribution in [3.05, 3.63) is 44.8 Å². The summed E-state index contributed by atoms with van der Waals surface area (Å²) in [7, 11) is 0. The van der Waals surface area contributed by atoms with Crippen LogP contribution in [0.1, 0.15) is 57.4 Å². The van der Waals surface area contributed by atoms with Crippen LogP contribution in [0.3, 0.4) is 0 Å². The molecule has 146 valence electrons. The standard InChI is InChI=1S/C19H26BrN5O2/c1-2-3-4-5-6-7-8-11-27-17-10-9-15(12-16(17)20)13-21-24-19-23-18(26)14-22-25-19/h9-10,12-14H,2-8,11H2,1H3,(H2,23,24,25,26)/b21-13+. The number of H-pyrrole nitrogens is 1. The molecule has 0 saturated carbocycles. The fraction of sp³-hybridized carbons (Fsp3) is 0.474. The van der Waals surface area contributed by atoms with Gasteiger partial charge in [0.25, 0.3) is 5.56 Å². The van der Waals surface area contributed by atoms with Crippen LogP contribution < -0.4 is 15.7 Å². The van der Waals surface area contributed by atoms with Crippen molar-refractivity contribution in [3.63, 3.8) is 0 Å². The predicted octanol–water partition coefficient (Wildman–Crippen LogP) is 4.50. The molecule has 2 rings (SSSR count). The molecule has 0 bridgehead atoms. The smallest absolute Gasteiger partial charge is 0.271 e. The lowest BCUT2D eigenvalue weighted by molar-refractivity contribution is 0.302. The van der Waals surface area contributed by atoms with Crippen LogP contribution in [-0.2, 0) is 0 Å². The lowest BCUT2D eigenvalue weighted by atomic mass is 10.1. The Balaban J connectivity index is 1.73. The van der Waals surface area contributed by atoms with E-state index in [4.69, 9.17) is 4.74 Å². The Kier molecular flexibility index (Phi) is 9.54. The number of nitrogens with one attached hydrogen (secondary N) is 2. The molecule has 0 aliphatic carbocycles. The minimum Gasteiger partial charge on any atom is -0.492 e. The zero-order valence-corrected chi connectivity index (χ0v) is 17.2. The Morgan fingerprint density at radius 1 is 1.22 bits per heavy atom. The van der Waals surface area contributed by atoms with E-state index in [2.05, 4.69) is 48.6 Å². The monoisotopic (exact) mass is 435 g/mol. The fourth-order valence-corrected chi connectivity index (χ4v) is 3.00. The number of anilines is 1. The van der Waals surface area contributed by atoms with Crippen molar-refractivity contribution in [3.8, 4) is 5.75 Å². The van der Waals surface area contributed by atoms with Gasteiger partial charge in [-0.3, -0.25) is 9.78 Å². The van der Waals surface area contributed by atoms with Crippen LogP contribution in [0.25, 0.3) is 0 Å². The summed E-state index contributed by atoms with van der Waals surface area (Å²) in [5.41, 5.74) is 3.17. The number of nitrogens with zero attached hydrogens (tertiary/aromatic N) is 3. The highest BCUT2D eigenvalue weighted by molar-refractivity contribution is 9.10. The molecule has 0 saturated heterocycles. The highest BCUT2D eigenvalue weighted by atomic mass is 79.9. The summed E-state index contributed by atoms with van der Waals surface area (Å²) in [6, 6.07) is 5.75. The molecular formula is C19H26BrN5O2. The van der Waals surface area contributed by atoms with Crippen molar-refractivity contribution >= 4 is 28.1 Å². The summed E-state index contributed by atoms with van der Waals surface area (Å²) in [6.07, 6.45) is 11.6. The molecule has 7 nitrogen and oxygen atoms in total. The molecule has 0 unspecified atom stereocenters. The SMILES string of the molecule is CCCCCCCCCOc1ccc(/C=N/Nc2nncc(=O)[nH]2)cc1Br. The van der Waals surface area contributed by atoms with Crippen LogP contribution in [-0.4, -0.2) is 28.0 Å². The molecule has 8 heteroatoms. The fourth-order valence-electron chi connectivity index (χ4n) is 2.49. The minimum absolute atomic E-state index is 0.187. The van der Waals surface area contributed by atoms with Gasteiger partial charge in [0.1, 0.15) is 11.9 Å². The highest BCUT2D eigenvalue weighted by Gasteiger charge is 2.02. The number of hydrogen-bond donors (Lipinski definition) is 2. The number of unbranched alkanes of at least 4 members (excludes halogenated alkanes) is 6. The Labute approximate surface area is 167 Å². The third kappa shape index (κ3) is 8.34. The maximum absolute atomic E-state index is 11.1. The van der Waals surface area contributed by atoms with Crippen LogP contribution >= 0.6 is 15.9 Å². The molecule has 0 fully saturated rings. The van der Waals surface area contributed by atoms with E-state index in [9.17, 15) is 4.79 Å². The normalized spacial score (nSPS) is 11.0. The first kappa shape index (κ1) is 21.1. The van der Waals surface area contributed by atoms with Gasteiger partial charge in [0.05, 0.1) is 17.3 Å². The molecule has 0 aliphatic rings. The second-order valence-electron chi connectivity index (χ2n) is 6.21. The second kappa shape index (κ2) is 12.2. The van der Waals surface area contributed by atoms with E-state index in [1.165, 1.54) is 38.5 Å². The Morgan fingerprint density at radius 3 is 2.74 bits per heavy atom. The van der Waals surface area contributed by atoms with Crippen molar-refractivity contribution in [2.75, 3.05) is 12.0 Å². The van der Waals surface area contributed by atoms with Crippen LogP contribution in [0.5, 0.6) is 5.75 Å². The van der Waals surface area contributed by atoms with E-state index in [1.54, 1.807) is 6.21 Å². The second-order valence-corrected chi connectivity index (χ2v) is 7.07. The van der Waals surface area contributed by atoms with Gasteiger partial charge in [-0.15, -0.1) is 10.2 Å². The van der Waals surface area contributed by atoms with E-state index >= 15 is 0 Å². The van der Waals surface area contributed by atoms with Gasteiger partial charge in [-0.2, -0.15) is 5.10 Å². The molecule has 0 spiro atoms. The van der Waals surface area contributed by atoms with E-state index in [0.29, 0.717) is 0 Å². The molecule has 2 N–H and O–H groups in total. The van der Waals surface area contributed by atoms with Crippen molar-refractivity contribution in [2.45, 2.75) is 51.9 Å². The Morgan fingerprint density at radius 2 is 2.00 bits per heavy atom.